The van der Waals surface area contributed by atoms with E-state index in [2.05, 4.69) is 4.74 Å². The number of hydrogen-bond donors (Lipinski definition) is 1. The highest BCUT2D eigenvalue weighted by molar-refractivity contribution is 5.90. The van der Waals surface area contributed by atoms with Crippen molar-refractivity contribution in [3.8, 4) is 0 Å². The quantitative estimate of drug-likeness (QED) is 0.394. The van der Waals surface area contributed by atoms with Crippen LogP contribution in [0.2, 0.25) is 0 Å². The van der Waals surface area contributed by atoms with Crippen molar-refractivity contribution in [2.24, 2.45) is 0 Å². The first-order valence-electron chi connectivity index (χ1n) is 5.97. The molecule has 0 saturated carbocycles. The molecule has 0 spiro atoms. The molecule has 0 aromatic rings. The predicted octanol–water partition coefficient (Wildman–Crippen LogP) is 3.66. The summed E-state index contributed by atoms with van der Waals surface area (Å²) in [6.45, 7) is -1.86. The summed E-state index contributed by atoms with van der Waals surface area (Å²) in [6, 6.07) is 0. The van der Waals surface area contributed by atoms with Gasteiger partial charge in [0.05, 0.1) is 13.0 Å². The van der Waals surface area contributed by atoms with Crippen LogP contribution in [-0.2, 0) is 14.3 Å². The number of aliphatic carboxylic acids is 1. The molecule has 4 nitrogen and oxygen atoms in total. The van der Waals surface area contributed by atoms with Crippen LogP contribution in [-0.4, -0.2) is 53.5 Å². The van der Waals surface area contributed by atoms with E-state index in [9.17, 15) is 57.9 Å². The molecular formula is C11H7F11O4. The summed E-state index contributed by atoms with van der Waals surface area (Å²) in [6.07, 6.45) is -17.3. The number of carbonyl (C=O) groups is 2. The van der Waals surface area contributed by atoms with E-state index in [4.69, 9.17) is 5.11 Å². The first-order valence-corrected chi connectivity index (χ1v) is 5.97. The molecule has 0 atom stereocenters. The number of carbonyl (C=O) groups excluding carboxylic acids is 1. The zero-order chi connectivity index (χ0) is 21.2. The highest BCUT2D eigenvalue weighted by atomic mass is 19.4. The first-order chi connectivity index (χ1) is 11.3. The Hall–Kier alpha value is -2.09. The number of ether oxygens (including phenoxy) is 1. The van der Waals surface area contributed by atoms with Crippen LogP contribution in [0.15, 0.2) is 12.2 Å². The average Bonchev–Trinajstić information content (AvgIpc) is 2.41. The molecule has 0 fully saturated rings. The van der Waals surface area contributed by atoms with Crippen molar-refractivity contribution in [3.05, 3.63) is 12.2 Å². The molecule has 0 aromatic carbocycles. The van der Waals surface area contributed by atoms with E-state index in [-0.39, 0.29) is 12.2 Å². The molecule has 0 saturated heterocycles. The van der Waals surface area contributed by atoms with Crippen molar-refractivity contribution in [1.82, 2.24) is 0 Å². The number of hydrogen-bond acceptors (Lipinski definition) is 3. The Kier molecular flexibility index (Phi) is 6.68. The molecular weight excluding hydrogens is 405 g/mol. The van der Waals surface area contributed by atoms with Gasteiger partial charge in [-0.1, -0.05) is 0 Å². The lowest BCUT2D eigenvalue weighted by Crippen LogP contribution is -2.70. The van der Waals surface area contributed by atoms with Gasteiger partial charge in [0.15, 0.2) is 0 Å². The lowest BCUT2D eigenvalue weighted by Gasteiger charge is -2.39. The molecule has 0 aliphatic carbocycles. The second-order valence-corrected chi connectivity index (χ2v) is 4.52. The van der Waals surface area contributed by atoms with Crippen molar-refractivity contribution in [2.75, 3.05) is 6.61 Å². The topological polar surface area (TPSA) is 63.6 Å². The minimum absolute atomic E-state index is 0.0868. The minimum Gasteiger partial charge on any atom is -0.478 e. The van der Waals surface area contributed by atoms with Gasteiger partial charge in [-0.3, -0.25) is 0 Å². The molecule has 0 radical (unpaired) electrons. The molecule has 0 heterocycles. The van der Waals surface area contributed by atoms with Crippen molar-refractivity contribution in [1.29, 1.82) is 0 Å². The van der Waals surface area contributed by atoms with Gasteiger partial charge in [0, 0.05) is 12.2 Å². The SMILES string of the molecule is O=C(O)/C=C\C(=O)OCCC(F)(F)C(F)(F)C(F)(C(F)(F)F)C(F)(F)F. The Bertz CT molecular complexity index is 547. The molecule has 0 aliphatic heterocycles. The molecule has 0 amide bonds. The van der Waals surface area contributed by atoms with E-state index >= 15 is 0 Å². The average molecular weight is 412 g/mol. The van der Waals surface area contributed by atoms with Crippen LogP contribution in [0.25, 0.3) is 0 Å². The number of alkyl halides is 11. The summed E-state index contributed by atoms with van der Waals surface area (Å²) in [5, 5.41) is 8.10. The van der Waals surface area contributed by atoms with Crippen LogP contribution < -0.4 is 0 Å². The number of carboxylic acid groups (broad SMARTS) is 1. The maximum Gasteiger partial charge on any atom is 0.438 e. The number of carboxylic acids is 1. The van der Waals surface area contributed by atoms with E-state index in [1.165, 1.54) is 0 Å². The van der Waals surface area contributed by atoms with Gasteiger partial charge >= 0.3 is 41.8 Å². The third kappa shape index (κ3) is 4.55. The van der Waals surface area contributed by atoms with E-state index in [0.29, 0.717) is 0 Å². The molecule has 15 heteroatoms. The zero-order valence-corrected chi connectivity index (χ0v) is 11.9. The standard InChI is InChI=1S/C11H7F11O4/c12-7(13,3-4-26-6(25)2-1-5(23)24)9(15,16)8(14,10(17,18)19)11(20,21)22/h1-2H,3-4H2,(H,23,24)/b2-1-. The predicted molar refractivity (Wildman–Crippen MR) is 58.2 cm³/mol. The Morgan fingerprint density at radius 3 is 1.58 bits per heavy atom. The Balaban J connectivity index is 5.48. The normalized spacial score (nSPS) is 14.6. The molecule has 0 unspecified atom stereocenters. The van der Waals surface area contributed by atoms with Crippen LogP contribution in [0.5, 0.6) is 0 Å². The summed E-state index contributed by atoms with van der Waals surface area (Å²) in [4.78, 5) is 20.8. The van der Waals surface area contributed by atoms with E-state index in [1.807, 2.05) is 0 Å². The van der Waals surface area contributed by atoms with Gasteiger partial charge in [-0.2, -0.15) is 43.9 Å². The van der Waals surface area contributed by atoms with E-state index < -0.39 is 54.8 Å². The third-order valence-corrected chi connectivity index (χ3v) is 2.70. The monoisotopic (exact) mass is 412 g/mol. The Morgan fingerprint density at radius 1 is 0.808 bits per heavy atom. The summed E-state index contributed by atoms with van der Waals surface area (Å²) in [5.41, 5.74) is -7.58. The fraction of sp³-hybridized carbons (Fsp3) is 0.636. The summed E-state index contributed by atoms with van der Waals surface area (Å²) in [7, 11) is 0. The summed E-state index contributed by atoms with van der Waals surface area (Å²) < 4.78 is 143. The Morgan fingerprint density at radius 2 is 1.23 bits per heavy atom. The van der Waals surface area contributed by atoms with Crippen molar-refractivity contribution in [3.63, 3.8) is 0 Å². The highest BCUT2D eigenvalue weighted by Gasteiger charge is 2.89. The van der Waals surface area contributed by atoms with Gasteiger partial charge in [-0.05, 0) is 0 Å². The largest absolute Gasteiger partial charge is 0.478 e. The first kappa shape index (κ1) is 23.9. The summed E-state index contributed by atoms with van der Waals surface area (Å²) >= 11 is 0. The molecule has 0 aromatic heterocycles. The third-order valence-electron chi connectivity index (χ3n) is 2.70. The number of halogens is 11. The maximum absolute atomic E-state index is 13.2. The van der Waals surface area contributed by atoms with Crippen molar-refractivity contribution < 1.29 is 67.7 Å². The van der Waals surface area contributed by atoms with Crippen molar-refractivity contribution >= 4 is 11.9 Å². The fourth-order valence-electron chi connectivity index (χ4n) is 1.39. The van der Waals surface area contributed by atoms with Gasteiger partial charge in [0.2, 0.25) is 0 Å². The lowest BCUT2D eigenvalue weighted by molar-refractivity contribution is -0.427. The number of esters is 1. The second-order valence-electron chi connectivity index (χ2n) is 4.52. The molecule has 26 heavy (non-hydrogen) atoms. The smallest absolute Gasteiger partial charge is 0.438 e. The van der Waals surface area contributed by atoms with Gasteiger partial charge in [0.25, 0.3) is 0 Å². The van der Waals surface area contributed by atoms with Crippen LogP contribution in [0, 0.1) is 0 Å². The fourth-order valence-corrected chi connectivity index (χ4v) is 1.39. The van der Waals surface area contributed by atoms with Gasteiger partial charge < -0.3 is 9.84 Å². The van der Waals surface area contributed by atoms with Crippen molar-refractivity contribution in [2.45, 2.75) is 36.3 Å². The van der Waals surface area contributed by atoms with Gasteiger partial charge in [-0.15, -0.1) is 0 Å². The molecule has 0 aliphatic rings. The van der Waals surface area contributed by atoms with Gasteiger partial charge in [0.1, 0.15) is 0 Å². The molecule has 1 N–H and O–H groups in total. The molecule has 0 rings (SSSR count). The highest BCUT2D eigenvalue weighted by Crippen LogP contribution is 2.59. The van der Waals surface area contributed by atoms with Crippen LogP contribution in [0.4, 0.5) is 48.3 Å². The summed E-state index contributed by atoms with van der Waals surface area (Å²) in [5.74, 6) is -17.0. The van der Waals surface area contributed by atoms with E-state index in [1.54, 1.807) is 0 Å². The van der Waals surface area contributed by atoms with Gasteiger partial charge in [-0.25, -0.2) is 14.0 Å². The second kappa shape index (κ2) is 7.26. The zero-order valence-electron chi connectivity index (χ0n) is 11.9. The number of rotatable bonds is 7. The minimum atomic E-state index is -7.58. The molecule has 152 valence electrons. The molecule has 0 bridgehead atoms. The Labute approximate surface area is 136 Å². The lowest BCUT2D eigenvalue weighted by atomic mass is 9.89. The van der Waals surface area contributed by atoms with Crippen LogP contribution >= 0.6 is 0 Å². The van der Waals surface area contributed by atoms with E-state index in [0.717, 1.165) is 0 Å². The maximum atomic E-state index is 13.2. The van der Waals surface area contributed by atoms with Crippen LogP contribution in [0.3, 0.4) is 0 Å². The van der Waals surface area contributed by atoms with Crippen LogP contribution in [0.1, 0.15) is 6.42 Å².